The molecule has 0 aliphatic heterocycles. The molecule has 0 amide bonds. The number of aromatic nitrogens is 4. The van der Waals surface area contributed by atoms with Crippen molar-refractivity contribution in [2.75, 3.05) is 13.6 Å². The van der Waals surface area contributed by atoms with Crippen LogP contribution in [0.3, 0.4) is 0 Å². The van der Waals surface area contributed by atoms with Gasteiger partial charge in [-0.15, -0.1) is 12.8 Å². The number of benzene rings is 2. The molecular weight excluding hydrogens is 638 g/mol. The third kappa shape index (κ3) is 8.42. The number of para-hydroxylation sites is 2. The minimum atomic E-state index is -2.74. The first-order valence-electron chi connectivity index (χ1n) is 15.9. The highest BCUT2D eigenvalue weighted by Gasteiger charge is 2.40. The van der Waals surface area contributed by atoms with E-state index in [2.05, 4.69) is 107 Å². The number of carbonyl (C=O) groups is 3. The van der Waals surface area contributed by atoms with Crippen LogP contribution in [0.25, 0.3) is 21.8 Å². The lowest BCUT2D eigenvalue weighted by molar-refractivity contribution is -0.170. The summed E-state index contributed by atoms with van der Waals surface area (Å²) in [6.45, 7) is 8.04. The first-order chi connectivity index (χ1) is 23.8. The number of fused-ring (bicyclic) bond motifs is 2. The maximum absolute atomic E-state index is 10.3. The van der Waals surface area contributed by atoms with Crippen LogP contribution in [-0.2, 0) is 47.0 Å². The summed E-state index contributed by atoms with van der Waals surface area (Å²) >= 11 is 0. The van der Waals surface area contributed by atoms with Crippen LogP contribution in [-0.4, -0.2) is 81.3 Å². The molecule has 12 nitrogen and oxygen atoms in total. The standard InChI is InChI=1S/C32H33N5.C6H8O7/c1-6-17-36-24(3)29(27-12-8-10-14-31(27)36)22-34(5)19-16-26-20-33-35(21-26)23-30-25(4)37(18-7-2)32-15-11-9-13-28(30)32;7-3(8)1-6(13,5(11)12)2-4(9)10/h1-2,8-15,20-21H,16-19,22-23H2,3-5H3;13H,1-2H2,(H,7,8)(H,9,10)(H,11,12). The highest BCUT2D eigenvalue weighted by atomic mass is 16.4. The lowest BCUT2D eigenvalue weighted by Crippen LogP contribution is -2.42. The molecule has 0 fully saturated rings. The average molecular weight is 680 g/mol. The minimum absolute atomic E-state index is 0.573. The molecule has 0 radical (unpaired) electrons. The highest BCUT2D eigenvalue weighted by Crippen LogP contribution is 2.28. The first-order valence-corrected chi connectivity index (χ1v) is 15.9. The predicted molar refractivity (Wildman–Crippen MR) is 189 cm³/mol. The van der Waals surface area contributed by atoms with E-state index in [4.69, 9.17) is 33.3 Å². The van der Waals surface area contributed by atoms with Gasteiger partial charge in [0.15, 0.2) is 5.60 Å². The van der Waals surface area contributed by atoms with Crippen LogP contribution in [0.2, 0.25) is 0 Å². The van der Waals surface area contributed by atoms with Gasteiger partial charge in [0, 0.05) is 58.0 Å². The van der Waals surface area contributed by atoms with Crippen molar-refractivity contribution < 1.29 is 34.8 Å². The van der Waals surface area contributed by atoms with Gasteiger partial charge in [-0.1, -0.05) is 48.2 Å². The lowest BCUT2D eigenvalue weighted by atomic mass is 9.96. The molecule has 5 aromatic rings. The molecule has 0 spiro atoms. The SMILES string of the molecule is C#CCn1c(C)c(CN(C)CCc2cnn(Cc3c(C)n(CC#C)c4ccccc34)c2)c2ccccc21.O=C(O)CC(O)(CC(=O)O)C(=O)O. The second-order valence-electron chi connectivity index (χ2n) is 12.3. The zero-order valence-electron chi connectivity index (χ0n) is 28.3. The Morgan fingerprint density at radius 2 is 1.34 bits per heavy atom. The van der Waals surface area contributed by atoms with Crippen molar-refractivity contribution in [2.45, 2.75) is 64.9 Å². The summed E-state index contributed by atoms with van der Waals surface area (Å²) in [7, 11) is 2.18. The van der Waals surface area contributed by atoms with Gasteiger partial charge in [-0.2, -0.15) is 5.10 Å². The number of hydrogen-bond acceptors (Lipinski definition) is 6. The Hall–Kier alpha value is -5.82. The Morgan fingerprint density at radius 3 is 1.84 bits per heavy atom. The van der Waals surface area contributed by atoms with Crippen LogP contribution in [0.4, 0.5) is 0 Å². The molecule has 0 atom stereocenters. The zero-order chi connectivity index (χ0) is 36.6. The topological polar surface area (TPSA) is 163 Å². The molecule has 0 unspecified atom stereocenters. The summed E-state index contributed by atoms with van der Waals surface area (Å²) in [5.41, 5.74) is 5.97. The van der Waals surface area contributed by atoms with E-state index in [0.717, 1.165) is 26.1 Å². The van der Waals surface area contributed by atoms with E-state index in [-0.39, 0.29) is 0 Å². The van der Waals surface area contributed by atoms with Gasteiger partial charge in [0.05, 0.1) is 38.7 Å². The van der Waals surface area contributed by atoms with Crippen LogP contribution < -0.4 is 0 Å². The maximum Gasteiger partial charge on any atom is 0.336 e. The number of nitrogens with zero attached hydrogens (tertiary/aromatic N) is 5. The summed E-state index contributed by atoms with van der Waals surface area (Å²) in [5.74, 6) is 0.571. The Morgan fingerprint density at radius 1 is 0.840 bits per heavy atom. The monoisotopic (exact) mass is 679 g/mol. The van der Waals surface area contributed by atoms with Crippen LogP contribution in [0, 0.1) is 38.5 Å². The molecule has 3 aromatic heterocycles. The molecule has 12 heteroatoms. The summed E-state index contributed by atoms with van der Waals surface area (Å²) in [6, 6.07) is 17.0. The van der Waals surface area contributed by atoms with Gasteiger partial charge in [-0.25, -0.2) is 4.79 Å². The van der Waals surface area contributed by atoms with E-state index in [0.29, 0.717) is 13.1 Å². The molecule has 260 valence electrons. The Bertz CT molecular complexity index is 2090. The number of hydrogen-bond donors (Lipinski definition) is 4. The molecule has 0 bridgehead atoms. The Balaban J connectivity index is 0.000000369. The van der Waals surface area contributed by atoms with E-state index in [1.165, 1.54) is 49.9 Å². The molecule has 2 aromatic carbocycles. The second-order valence-corrected chi connectivity index (χ2v) is 12.3. The molecule has 3 heterocycles. The van der Waals surface area contributed by atoms with E-state index in [1.54, 1.807) is 0 Å². The number of carboxylic acids is 3. The quantitative estimate of drug-likeness (QED) is 0.126. The van der Waals surface area contributed by atoms with Crippen LogP contribution in [0.15, 0.2) is 60.9 Å². The third-order valence-corrected chi connectivity index (χ3v) is 8.72. The van der Waals surface area contributed by atoms with Gasteiger partial charge in [0.25, 0.3) is 0 Å². The Labute approximate surface area is 290 Å². The van der Waals surface area contributed by atoms with Crippen molar-refractivity contribution in [1.29, 1.82) is 0 Å². The zero-order valence-corrected chi connectivity index (χ0v) is 28.3. The van der Waals surface area contributed by atoms with Crippen LogP contribution in [0.5, 0.6) is 0 Å². The predicted octanol–water partition coefficient (Wildman–Crippen LogP) is 4.15. The number of carboxylic acid groups (broad SMARTS) is 3. The molecule has 50 heavy (non-hydrogen) atoms. The molecule has 0 saturated carbocycles. The van der Waals surface area contributed by atoms with Crippen molar-refractivity contribution in [2.24, 2.45) is 0 Å². The molecule has 0 aliphatic rings. The summed E-state index contributed by atoms with van der Waals surface area (Å²) in [4.78, 5) is 32.9. The molecule has 5 rings (SSSR count). The number of likely N-dealkylation sites (N-methyl/N-ethyl adjacent to an activating group) is 1. The van der Waals surface area contributed by atoms with Crippen molar-refractivity contribution >= 4 is 39.7 Å². The molecule has 0 aliphatic carbocycles. The van der Waals surface area contributed by atoms with Gasteiger partial charge >= 0.3 is 17.9 Å². The number of aliphatic carboxylic acids is 3. The summed E-state index contributed by atoms with van der Waals surface area (Å²) < 4.78 is 6.50. The fraction of sp³-hybridized carbons (Fsp3) is 0.316. The van der Waals surface area contributed by atoms with Crippen molar-refractivity contribution in [3.05, 3.63) is 89.0 Å². The summed E-state index contributed by atoms with van der Waals surface area (Å²) in [6.07, 6.45) is 14.1. The van der Waals surface area contributed by atoms with E-state index in [9.17, 15) is 14.4 Å². The lowest BCUT2D eigenvalue weighted by Gasteiger charge is -2.18. The normalized spacial score (nSPS) is 11.3. The van der Waals surface area contributed by atoms with Crippen molar-refractivity contribution in [3.8, 4) is 24.7 Å². The third-order valence-electron chi connectivity index (χ3n) is 8.72. The molecule has 4 N–H and O–H groups in total. The minimum Gasteiger partial charge on any atom is -0.481 e. The fourth-order valence-corrected chi connectivity index (χ4v) is 6.16. The molecular formula is C38H41N5O7. The van der Waals surface area contributed by atoms with Gasteiger partial charge in [0.2, 0.25) is 0 Å². The van der Waals surface area contributed by atoms with Gasteiger partial charge in [-0.3, -0.25) is 14.3 Å². The largest absolute Gasteiger partial charge is 0.481 e. The van der Waals surface area contributed by atoms with E-state index >= 15 is 0 Å². The van der Waals surface area contributed by atoms with Crippen LogP contribution >= 0.6 is 0 Å². The highest BCUT2D eigenvalue weighted by molar-refractivity contribution is 5.88. The maximum atomic E-state index is 10.3. The van der Waals surface area contributed by atoms with Crippen molar-refractivity contribution in [3.63, 3.8) is 0 Å². The average Bonchev–Trinajstić information content (AvgIpc) is 3.70. The van der Waals surface area contributed by atoms with Gasteiger partial charge < -0.3 is 34.5 Å². The fourth-order valence-electron chi connectivity index (χ4n) is 6.16. The smallest absolute Gasteiger partial charge is 0.336 e. The molecule has 0 saturated heterocycles. The van der Waals surface area contributed by atoms with Crippen LogP contribution in [0.1, 0.15) is 40.9 Å². The van der Waals surface area contributed by atoms with E-state index < -0.39 is 36.4 Å². The summed E-state index contributed by atoms with van der Waals surface area (Å²) in [5, 5.41) is 41.0. The second kappa shape index (κ2) is 16.1. The number of rotatable bonds is 14. The Kier molecular flexibility index (Phi) is 11.9. The number of aliphatic hydroxyl groups is 1. The van der Waals surface area contributed by atoms with Gasteiger partial charge in [-0.05, 0) is 50.6 Å². The number of terminal acetylenes is 2. The first kappa shape index (κ1) is 37.0. The van der Waals surface area contributed by atoms with Crippen molar-refractivity contribution in [1.82, 2.24) is 23.8 Å². The van der Waals surface area contributed by atoms with Gasteiger partial charge in [0.1, 0.15) is 0 Å². The van der Waals surface area contributed by atoms with E-state index in [1.807, 2.05) is 10.9 Å².